The van der Waals surface area contributed by atoms with Crippen LogP contribution in [0.4, 0.5) is 18.9 Å². The van der Waals surface area contributed by atoms with E-state index in [4.69, 9.17) is 5.14 Å². The summed E-state index contributed by atoms with van der Waals surface area (Å²) in [7, 11) is -8.44. The van der Waals surface area contributed by atoms with Crippen molar-refractivity contribution in [2.75, 3.05) is 4.72 Å². The molecule has 0 fully saturated rings. The highest BCUT2D eigenvalue weighted by atomic mass is 32.2. The Morgan fingerprint density at radius 3 is 2.20 bits per heavy atom. The number of anilines is 1. The quantitative estimate of drug-likeness (QED) is 0.831. The van der Waals surface area contributed by atoms with E-state index in [1.807, 2.05) is 4.72 Å². The van der Waals surface area contributed by atoms with E-state index in [1.54, 1.807) is 0 Å². The molecule has 136 valence electrons. The Balaban J connectivity index is 2.44. The number of alkyl halides is 3. The molecule has 0 spiro atoms. The summed E-state index contributed by atoms with van der Waals surface area (Å²) in [6.45, 7) is 1.46. The average Bonchev–Trinajstić information content (AvgIpc) is 2.47. The Labute approximate surface area is 142 Å². The number of sulfonamides is 2. The van der Waals surface area contributed by atoms with Crippen LogP contribution in [0, 0.1) is 6.92 Å². The summed E-state index contributed by atoms with van der Waals surface area (Å²) in [5.74, 6) is 0. The van der Waals surface area contributed by atoms with Crippen molar-refractivity contribution < 1.29 is 30.0 Å². The van der Waals surface area contributed by atoms with Crippen LogP contribution in [0.15, 0.2) is 52.3 Å². The summed E-state index contributed by atoms with van der Waals surface area (Å²) in [5, 5.41) is 5.04. The van der Waals surface area contributed by atoms with Crippen LogP contribution in [-0.2, 0) is 26.2 Å². The summed E-state index contributed by atoms with van der Waals surface area (Å²) in [5.41, 5.74) is -0.971. The Morgan fingerprint density at radius 1 is 1.00 bits per heavy atom. The van der Waals surface area contributed by atoms with Gasteiger partial charge in [0.15, 0.2) is 0 Å². The fourth-order valence-electron chi connectivity index (χ4n) is 2.02. The van der Waals surface area contributed by atoms with E-state index >= 15 is 0 Å². The monoisotopic (exact) mass is 394 g/mol. The Morgan fingerprint density at radius 2 is 1.64 bits per heavy atom. The van der Waals surface area contributed by atoms with Gasteiger partial charge in [0, 0.05) is 0 Å². The fourth-order valence-corrected chi connectivity index (χ4v) is 3.93. The van der Waals surface area contributed by atoms with Crippen molar-refractivity contribution in [1.29, 1.82) is 0 Å². The number of hydrogen-bond acceptors (Lipinski definition) is 4. The summed E-state index contributed by atoms with van der Waals surface area (Å²) in [6.07, 6.45) is -4.70. The topological polar surface area (TPSA) is 106 Å². The van der Waals surface area contributed by atoms with Crippen LogP contribution in [0.3, 0.4) is 0 Å². The number of nitrogens with two attached hydrogens (primary N) is 1. The van der Waals surface area contributed by atoms with Gasteiger partial charge < -0.3 is 0 Å². The SMILES string of the molecule is Cc1ccc(NS(=O)(=O)c2cccc(C(F)(F)F)c2)cc1S(N)(=O)=O. The molecule has 2 rings (SSSR count). The van der Waals surface area contributed by atoms with Gasteiger partial charge in [-0.1, -0.05) is 12.1 Å². The third kappa shape index (κ3) is 4.50. The molecule has 25 heavy (non-hydrogen) atoms. The summed E-state index contributed by atoms with van der Waals surface area (Å²) in [6, 6.07) is 6.77. The van der Waals surface area contributed by atoms with Gasteiger partial charge in [-0.3, -0.25) is 4.72 Å². The van der Waals surface area contributed by atoms with Crippen LogP contribution in [0.5, 0.6) is 0 Å². The van der Waals surface area contributed by atoms with E-state index in [1.165, 1.54) is 19.1 Å². The molecule has 2 aromatic carbocycles. The molecule has 6 nitrogen and oxygen atoms in total. The average molecular weight is 394 g/mol. The summed E-state index contributed by atoms with van der Waals surface area (Å²) in [4.78, 5) is -0.906. The van der Waals surface area contributed by atoms with Crippen LogP contribution in [-0.4, -0.2) is 16.8 Å². The molecule has 0 aliphatic carbocycles. The van der Waals surface area contributed by atoms with Gasteiger partial charge in [-0.15, -0.1) is 0 Å². The maximum atomic E-state index is 12.7. The second-order valence-corrected chi connectivity index (χ2v) is 8.37. The zero-order valence-corrected chi connectivity index (χ0v) is 14.3. The third-order valence-corrected chi connectivity index (χ3v) is 5.65. The lowest BCUT2D eigenvalue weighted by atomic mass is 10.2. The number of aryl methyl sites for hydroxylation is 1. The third-order valence-electron chi connectivity index (χ3n) is 3.22. The molecule has 0 atom stereocenters. The van der Waals surface area contributed by atoms with Crippen molar-refractivity contribution in [3.63, 3.8) is 0 Å². The van der Waals surface area contributed by atoms with Crippen molar-refractivity contribution in [1.82, 2.24) is 0 Å². The molecule has 0 aliphatic rings. The van der Waals surface area contributed by atoms with E-state index in [2.05, 4.69) is 0 Å². The van der Waals surface area contributed by atoms with Crippen molar-refractivity contribution in [3.8, 4) is 0 Å². The molecule has 2 aromatic rings. The molecule has 0 aliphatic heterocycles. The van der Waals surface area contributed by atoms with Gasteiger partial charge in [-0.05, 0) is 42.8 Å². The number of primary sulfonamides is 1. The zero-order valence-electron chi connectivity index (χ0n) is 12.7. The van der Waals surface area contributed by atoms with Gasteiger partial charge in [0.05, 0.1) is 21.0 Å². The first-order valence-corrected chi connectivity index (χ1v) is 9.67. The highest BCUT2D eigenvalue weighted by molar-refractivity contribution is 7.92. The molecule has 3 N–H and O–H groups in total. The first-order valence-electron chi connectivity index (χ1n) is 6.64. The number of rotatable bonds is 4. The molecule has 0 heterocycles. The van der Waals surface area contributed by atoms with E-state index in [-0.39, 0.29) is 10.6 Å². The Kier molecular flexibility index (Phi) is 4.86. The van der Waals surface area contributed by atoms with Gasteiger partial charge in [0.2, 0.25) is 10.0 Å². The lowest BCUT2D eigenvalue weighted by Crippen LogP contribution is -2.17. The standard InChI is InChI=1S/C14H13F3N2O4S2/c1-9-5-6-11(8-13(9)24(18,20)21)19-25(22,23)12-4-2-3-10(7-12)14(15,16)17/h2-8,19H,1H3,(H2,18,20,21). The van der Waals surface area contributed by atoms with Gasteiger partial charge in [-0.25, -0.2) is 22.0 Å². The maximum Gasteiger partial charge on any atom is 0.416 e. The molecular formula is C14H13F3N2O4S2. The molecule has 0 radical (unpaired) electrons. The van der Waals surface area contributed by atoms with Crippen LogP contribution < -0.4 is 9.86 Å². The van der Waals surface area contributed by atoms with Crippen LogP contribution >= 0.6 is 0 Å². The van der Waals surface area contributed by atoms with E-state index in [0.29, 0.717) is 11.6 Å². The molecule has 0 unspecified atom stereocenters. The Hall–Kier alpha value is -2.11. The van der Waals surface area contributed by atoms with Crippen LogP contribution in [0.25, 0.3) is 0 Å². The predicted molar refractivity (Wildman–Crippen MR) is 84.8 cm³/mol. The normalized spacial score (nSPS) is 12.8. The predicted octanol–water partition coefficient (Wildman–Crippen LogP) is 2.46. The van der Waals surface area contributed by atoms with Crippen LogP contribution in [0.1, 0.15) is 11.1 Å². The molecule has 0 aromatic heterocycles. The minimum absolute atomic E-state index is 0.146. The number of halogens is 3. The van der Waals surface area contributed by atoms with E-state index in [9.17, 15) is 30.0 Å². The minimum Gasteiger partial charge on any atom is -0.280 e. The maximum absolute atomic E-state index is 12.7. The van der Waals surface area contributed by atoms with Crippen molar-refractivity contribution >= 4 is 25.7 Å². The highest BCUT2D eigenvalue weighted by Gasteiger charge is 2.31. The fraction of sp³-hybridized carbons (Fsp3) is 0.143. The van der Waals surface area contributed by atoms with Gasteiger partial charge in [0.25, 0.3) is 10.0 Å². The van der Waals surface area contributed by atoms with Crippen molar-refractivity contribution in [3.05, 3.63) is 53.6 Å². The van der Waals surface area contributed by atoms with Crippen molar-refractivity contribution in [2.45, 2.75) is 22.9 Å². The molecule has 0 saturated heterocycles. The van der Waals surface area contributed by atoms with Crippen molar-refractivity contribution in [2.24, 2.45) is 5.14 Å². The zero-order chi connectivity index (χ0) is 19.0. The van der Waals surface area contributed by atoms with Gasteiger partial charge in [0.1, 0.15) is 0 Å². The Bertz CT molecular complexity index is 1020. The van der Waals surface area contributed by atoms with E-state index in [0.717, 1.165) is 24.3 Å². The van der Waals surface area contributed by atoms with Gasteiger partial charge >= 0.3 is 6.18 Å². The van der Waals surface area contributed by atoms with E-state index < -0.39 is 36.7 Å². The number of nitrogens with one attached hydrogen (secondary N) is 1. The molecule has 0 amide bonds. The molecule has 0 bridgehead atoms. The first-order chi connectivity index (χ1) is 11.3. The van der Waals surface area contributed by atoms with Crippen LogP contribution in [0.2, 0.25) is 0 Å². The molecule has 11 heteroatoms. The largest absolute Gasteiger partial charge is 0.416 e. The lowest BCUT2D eigenvalue weighted by Gasteiger charge is -2.12. The summed E-state index contributed by atoms with van der Waals surface area (Å²) >= 11 is 0. The summed E-state index contributed by atoms with van der Waals surface area (Å²) < 4.78 is 87.7. The second-order valence-electron chi connectivity index (χ2n) is 5.16. The minimum atomic E-state index is -4.70. The highest BCUT2D eigenvalue weighted by Crippen LogP contribution is 2.31. The molecule has 0 saturated carbocycles. The smallest absolute Gasteiger partial charge is 0.280 e. The number of benzene rings is 2. The van der Waals surface area contributed by atoms with Gasteiger partial charge in [-0.2, -0.15) is 13.2 Å². The second kappa shape index (κ2) is 6.32. The number of hydrogen-bond donors (Lipinski definition) is 2. The lowest BCUT2D eigenvalue weighted by molar-refractivity contribution is -0.137. The molecular weight excluding hydrogens is 381 g/mol. The first kappa shape index (κ1) is 19.2.